The number of phenols is 1. The molecule has 116 valence electrons. The molecule has 0 unspecified atom stereocenters. The van der Waals surface area contributed by atoms with E-state index in [4.69, 9.17) is 0 Å². The molecule has 5 heteroatoms. The summed E-state index contributed by atoms with van der Waals surface area (Å²) >= 11 is 0. The average molecular weight is 294 g/mol. The van der Waals surface area contributed by atoms with Crippen molar-refractivity contribution >= 4 is 5.78 Å². The molecule has 0 atom stereocenters. The van der Waals surface area contributed by atoms with Crippen LogP contribution in [0, 0.1) is 5.82 Å². The summed E-state index contributed by atoms with van der Waals surface area (Å²) < 4.78 is 13.6. The van der Waals surface area contributed by atoms with Gasteiger partial charge in [0.1, 0.15) is 11.6 Å². The van der Waals surface area contributed by atoms with Gasteiger partial charge in [-0.2, -0.15) is 0 Å². The number of nitrogens with zero attached hydrogens (tertiary/aromatic N) is 2. The third kappa shape index (κ3) is 3.41. The van der Waals surface area contributed by atoms with E-state index in [0.29, 0.717) is 12.1 Å². The molecule has 1 N–H and O–H groups in total. The summed E-state index contributed by atoms with van der Waals surface area (Å²) in [6, 6.07) is 2.40. The first-order valence-electron chi connectivity index (χ1n) is 7.16. The Labute approximate surface area is 125 Å². The van der Waals surface area contributed by atoms with Crippen LogP contribution in [0.5, 0.6) is 5.75 Å². The van der Waals surface area contributed by atoms with E-state index in [2.05, 4.69) is 30.7 Å². The lowest BCUT2D eigenvalue weighted by atomic mass is 9.98. The normalized spacial score (nSPS) is 19.7. The smallest absolute Gasteiger partial charge is 0.163 e. The lowest BCUT2D eigenvalue weighted by Gasteiger charge is -2.45. The van der Waals surface area contributed by atoms with Crippen molar-refractivity contribution in [1.29, 1.82) is 0 Å². The molecule has 0 amide bonds. The summed E-state index contributed by atoms with van der Waals surface area (Å²) in [7, 11) is 2.09. The number of Topliss-reactive ketones (excluding diaryl/α,β-unsaturated/α-hetero) is 1. The second kappa shape index (κ2) is 5.73. The van der Waals surface area contributed by atoms with Gasteiger partial charge in [0.2, 0.25) is 0 Å². The minimum Gasteiger partial charge on any atom is -0.507 e. The number of halogens is 1. The van der Waals surface area contributed by atoms with E-state index < -0.39 is 5.82 Å². The number of carbonyl (C=O) groups excluding carboxylic acids is 1. The van der Waals surface area contributed by atoms with E-state index in [0.717, 1.165) is 25.7 Å². The first-order valence-corrected chi connectivity index (χ1v) is 7.16. The molecule has 0 spiro atoms. The summed E-state index contributed by atoms with van der Waals surface area (Å²) in [6.07, 6.45) is 0. The van der Waals surface area contributed by atoms with Crippen LogP contribution in [-0.2, 0) is 6.54 Å². The Morgan fingerprint density at radius 3 is 2.62 bits per heavy atom. The molecule has 1 aromatic rings. The van der Waals surface area contributed by atoms with Gasteiger partial charge in [0, 0.05) is 37.3 Å². The van der Waals surface area contributed by atoms with Crippen molar-refractivity contribution in [2.24, 2.45) is 0 Å². The zero-order chi connectivity index (χ0) is 15.8. The number of ketones is 1. The number of carbonyl (C=O) groups is 1. The van der Waals surface area contributed by atoms with Crippen LogP contribution in [0.3, 0.4) is 0 Å². The predicted molar refractivity (Wildman–Crippen MR) is 80.1 cm³/mol. The van der Waals surface area contributed by atoms with Crippen molar-refractivity contribution in [3.8, 4) is 5.75 Å². The molecule has 0 bridgehead atoms. The first kappa shape index (κ1) is 15.9. The molecule has 4 nitrogen and oxygen atoms in total. The molecular formula is C16H23FN2O2. The summed E-state index contributed by atoms with van der Waals surface area (Å²) in [6.45, 7) is 8.69. The maximum Gasteiger partial charge on any atom is 0.163 e. The third-order valence-corrected chi connectivity index (χ3v) is 4.32. The first-order chi connectivity index (χ1) is 9.70. The number of piperazine rings is 1. The van der Waals surface area contributed by atoms with E-state index in [1.807, 2.05) is 0 Å². The topological polar surface area (TPSA) is 43.8 Å². The minimum absolute atomic E-state index is 0.0323. The van der Waals surface area contributed by atoms with Gasteiger partial charge in [0.25, 0.3) is 0 Å². The summed E-state index contributed by atoms with van der Waals surface area (Å²) in [5.41, 5.74) is 0.559. The van der Waals surface area contributed by atoms with Crippen LogP contribution < -0.4 is 0 Å². The Morgan fingerprint density at radius 2 is 2.05 bits per heavy atom. The maximum absolute atomic E-state index is 13.6. The van der Waals surface area contributed by atoms with Gasteiger partial charge in [-0.1, -0.05) is 0 Å². The molecule has 1 fully saturated rings. The minimum atomic E-state index is -0.485. The molecule has 0 aromatic heterocycles. The Morgan fingerprint density at radius 1 is 1.38 bits per heavy atom. The van der Waals surface area contributed by atoms with Crippen LogP contribution in [0.1, 0.15) is 36.7 Å². The Bertz CT molecular complexity index is 557. The maximum atomic E-state index is 13.6. The van der Waals surface area contributed by atoms with E-state index in [-0.39, 0.29) is 22.6 Å². The second-order valence-electron chi connectivity index (χ2n) is 6.46. The van der Waals surface area contributed by atoms with Gasteiger partial charge in [-0.05, 0) is 40.0 Å². The van der Waals surface area contributed by atoms with E-state index in [9.17, 15) is 14.3 Å². The van der Waals surface area contributed by atoms with Gasteiger partial charge in [0.05, 0.1) is 5.56 Å². The van der Waals surface area contributed by atoms with Crippen LogP contribution in [0.25, 0.3) is 0 Å². The lowest BCUT2D eigenvalue weighted by Crippen LogP contribution is -2.57. The fourth-order valence-electron chi connectivity index (χ4n) is 2.76. The number of hydrogen-bond acceptors (Lipinski definition) is 4. The van der Waals surface area contributed by atoms with Crippen molar-refractivity contribution in [2.45, 2.75) is 32.9 Å². The number of hydrogen-bond donors (Lipinski definition) is 1. The van der Waals surface area contributed by atoms with Gasteiger partial charge in [-0.3, -0.25) is 14.6 Å². The average Bonchev–Trinajstić information content (AvgIpc) is 2.37. The Hall–Kier alpha value is -1.46. The number of phenolic OH excluding ortho intramolecular Hbond substituents is 1. The fourth-order valence-corrected chi connectivity index (χ4v) is 2.76. The highest BCUT2D eigenvalue weighted by atomic mass is 19.1. The second-order valence-corrected chi connectivity index (χ2v) is 6.46. The van der Waals surface area contributed by atoms with Crippen molar-refractivity contribution in [2.75, 3.05) is 26.7 Å². The predicted octanol–water partition coefficient (Wildman–Crippen LogP) is 2.26. The van der Waals surface area contributed by atoms with Gasteiger partial charge < -0.3 is 5.11 Å². The van der Waals surface area contributed by atoms with E-state index in [1.54, 1.807) is 0 Å². The monoisotopic (exact) mass is 294 g/mol. The van der Waals surface area contributed by atoms with Gasteiger partial charge in [0.15, 0.2) is 5.78 Å². The summed E-state index contributed by atoms with van der Waals surface area (Å²) in [5, 5.41) is 10.2. The Kier molecular flexibility index (Phi) is 4.35. The van der Waals surface area contributed by atoms with E-state index in [1.165, 1.54) is 13.0 Å². The third-order valence-electron chi connectivity index (χ3n) is 4.32. The molecule has 0 radical (unpaired) electrons. The highest BCUT2D eigenvalue weighted by Gasteiger charge is 2.31. The highest BCUT2D eigenvalue weighted by molar-refractivity contribution is 5.97. The summed E-state index contributed by atoms with van der Waals surface area (Å²) in [4.78, 5) is 15.9. The molecule has 0 aliphatic carbocycles. The van der Waals surface area contributed by atoms with Gasteiger partial charge in [-0.25, -0.2) is 4.39 Å². The number of benzene rings is 1. The van der Waals surface area contributed by atoms with Gasteiger partial charge >= 0.3 is 0 Å². The molecular weight excluding hydrogens is 271 g/mol. The number of likely N-dealkylation sites (N-methyl/N-ethyl adjacent to an activating group) is 1. The molecule has 1 saturated heterocycles. The van der Waals surface area contributed by atoms with Crippen molar-refractivity contribution in [3.05, 3.63) is 29.1 Å². The quantitative estimate of drug-likeness (QED) is 0.869. The number of aromatic hydroxyl groups is 1. The zero-order valence-electron chi connectivity index (χ0n) is 13.1. The lowest BCUT2D eigenvalue weighted by molar-refractivity contribution is 0.0356. The van der Waals surface area contributed by atoms with Crippen LogP contribution in [0.2, 0.25) is 0 Å². The molecule has 0 saturated carbocycles. The number of rotatable bonds is 3. The van der Waals surface area contributed by atoms with E-state index >= 15 is 0 Å². The van der Waals surface area contributed by atoms with Crippen LogP contribution in [0.4, 0.5) is 4.39 Å². The molecule has 21 heavy (non-hydrogen) atoms. The molecule has 1 aliphatic rings. The fraction of sp³-hybridized carbons (Fsp3) is 0.562. The molecule has 2 rings (SSSR count). The standard InChI is InChI=1S/C16H23FN2O2/c1-11(20)14-8-13(17)7-12(15(14)21)9-19-6-5-18(4)16(2,3)10-19/h7-8,21H,5-6,9-10H2,1-4H3. The molecule has 1 aromatic carbocycles. The Balaban J connectivity index is 2.22. The largest absolute Gasteiger partial charge is 0.507 e. The summed E-state index contributed by atoms with van der Waals surface area (Å²) in [5.74, 6) is -0.908. The highest BCUT2D eigenvalue weighted by Crippen LogP contribution is 2.28. The van der Waals surface area contributed by atoms with Crippen LogP contribution in [0.15, 0.2) is 12.1 Å². The molecule has 1 heterocycles. The van der Waals surface area contributed by atoms with Crippen molar-refractivity contribution in [1.82, 2.24) is 9.80 Å². The zero-order valence-corrected chi connectivity index (χ0v) is 13.1. The van der Waals surface area contributed by atoms with Crippen LogP contribution >= 0.6 is 0 Å². The SMILES string of the molecule is CC(=O)c1cc(F)cc(CN2CCN(C)C(C)(C)C2)c1O. The van der Waals surface area contributed by atoms with Crippen molar-refractivity contribution in [3.63, 3.8) is 0 Å². The van der Waals surface area contributed by atoms with Gasteiger partial charge in [-0.15, -0.1) is 0 Å². The molecule has 1 aliphatic heterocycles. The van der Waals surface area contributed by atoms with Crippen molar-refractivity contribution < 1.29 is 14.3 Å². The van der Waals surface area contributed by atoms with Crippen LogP contribution in [-0.4, -0.2) is 52.9 Å².